The van der Waals surface area contributed by atoms with Crippen LogP contribution >= 0.6 is 11.6 Å². The van der Waals surface area contributed by atoms with Crippen molar-refractivity contribution in [3.63, 3.8) is 0 Å². The predicted molar refractivity (Wildman–Crippen MR) is 78.7 cm³/mol. The first-order valence-electron chi connectivity index (χ1n) is 6.59. The lowest BCUT2D eigenvalue weighted by atomic mass is 9.97. The van der Waals surface area contributed by atoms with Gasteiger partial charge in [0.25, 0.3) is 0 Å². The lowest BCUT2D eigenvalue weighted by Gasteiger charge is -2.16. The van der Waals surface area contributed by atoms with Crippen LogP contribution in [-0.2, 0) is 6.42 Å². The molecule has 0 aliphatic carbocycles. The van der Waals surface area contributed by atoms with Gasteiger partial charge in [0.15, 0.2) is 0 Å². The second-order valence-corrected chi connectivity index (χ2v) is 5.28. The van der Waals surface area contributed by atoms with Crippen LogP contribution in [0.2, 0.25) is 5.02 Å². The molecule has 1 aromatic carbocycles. The third-order valence-electron chi connectivity index (χ3n) is 3.52. The topological polar surface area (TPSA) is 35.2 Å². The zero-order valence-electron chi connectivity index (χ0n) is 11.8. The third-order valence-corrected chi connectivity index (χ3v) is 3.91. The summed E-state index contributed by atoms with van der Waals surface area (Å²) in [6, 6.07) is 2.27. The normalized spacial score (nSPS) is 12.6. The molecule has 2 N–H and O–H groups in total. The molecule has 1 unspecified atom stereocenters. The zero-order valence-corrected chi connectivity index (χ0v) is 12.6. The number of nitrogens with two attached hydrogens (primary N) is 1. The molecule has 0 fully saturated rings. The van der Waals surface area contributed by atoms with Gasteiger partial charge in [0.2, 0.25) is 0 Å². The summed E-state index contributed by atoms with van der Waals surface area (Å²) in [6.07, 6.45) is 4.13. The lowest BCUT2D eigenvalue weighted by molar-refractivity contribution is 0.404. The van der Waals surface area contributed by atoms with Crippen LogP contribution < -0.4 is 10.5 Å². The summed E-state index contributed by atoms with van der Waals surface area (Å²) >= 11 is 6.24. The highest BCUT2D eigenvalue weighted by atomic mass is 35.5. The third kappa shape index (κ3) is 3.63. The number of rotatable bonds is 6. The summed E-state index contributed by atoms with van der Waals surface area (Å²) in [5.74, 6) is 0.974. The Morgan fingerprint density at radius 3 is 2.61 bits per heavy atom. The van der Waals surface area contributed by atoms with E-state index in [0.717, 1.165) is 47.6 Å². The minimum atomic E-state index is 0.302. The molecule has 0 saturated heterocycles. The summed E-state index contributed by atoms with van der Waals surface area (Å²) in [5, 5.41) is 0.822. The lowest BCUT2D eigenvalue weighted by Crippen LogP contribution is -2.18. The van der Waals surface area contributed by atoms with E-state index >= 15 is 0 Å². The molecule has 0 spiro atoms. The maximum absolute atomic E-state index is 6.24. The molecule has 1 aromatic rings. The van der Waals surface area contributed by atoms with E-state index < -0.39 is 0 Å². The van der Waals surface area contributed by atoms with Gasteiger partial charge in [0.05, 0.1) is 7.11 Å². The summed E-state index contributed by atoms with van der Waals surface area (Å²) < 4.78 is 5.51. The number of halogens is 1. The molecule has 0 aromatic heterocycles. The highest BCUT2D eigenvalue weighted by Gasteiger charge is 2.13. The Kier molecular flexibility index (Phi) is 5.97. The number of aryl methyl sites for hydroxylation is 1. The van der Waals surface area contributed by atoms with Crippen molar-refractivity contribution < 1.29 is 4.74 Å². The molecule has 102 valence electrons. The van der Waals surface area contributed by atoms with Gasteiger partial charge < -0.3 is 10.5 Å². The predicted octanol–water partition coefficient (Wildman–Crippen LogP) is 4.03. The van der Waals surface area contributed by atoms with Gasteiger partial charge in [-0.1, -0.05) is 18.5 Å². The van der Waals surface area contributed by atoms with Crippen molar-refractivity contribution in [3.8, 4) is 5.75 Å². The first kappa shape index (κ1) is 15.3. The zero-order chi connectivity index (χ0) is 13.7. The Bertz CT molecular complexity index is 404. The average Bonchev–Trinajstić information content (AvgIpc) is 2.35. The van der Waals surface area contributed by atoms with Crippen LogP contribution in [0.1, 0.15) is 42.9 Å². The first-order chi connectivity index (χ1) is 8.51. The fraction of sp³-hybridized carbons (Fsp3) is 0.600. The van der Waals surface area contributed by atoms with Gasteiger partial charge in [-0.3, -0.25) is 0 Å². The molecule has 3 heteroatoms. The van der Waals surface area contributed by atoms with Crippen molar-refractivity contribution in [1.82, 2.24) is 0 Å². The van der Waals surface area contributed by atoms with E-state index in [-0.39, 0.29) is 0 Å². The Morgan fingerprint density at radius 1 is 1.39 bits per heavy atom. The molecule has 0 amide bonds. The molecule has 0 saturated carbocycles. The van der Waals surface area contributed by atoms with Crippen LogP contribution in [0.4, 0.5) is 0 Å². The molecule has 0 heterocycles. The van der Waals surface area contributed by atoms with Crippen LogP contribution in [0.5, 0.6) is 5.75 Å². The maximum Gasteiger partial charge on any atom is 0.125 e. The van der Waals surface area contributed by atoms with Crippen molar-refractivity contribution >= 4 is 11.6 Å². The molecular formula is C15H24ClNO. The molecule has 0 aliphatic rings. The summed E-state index contributed by atoms with van der Waals surface area (Å²) in [7, 11) is 1.72. The van der Waals surface area contributed by atoms with E-state index in [4.69, 9.17) is 22.1 Å². The van der Waals surface area contributed by atoms with E-state index in [2.05, 4.69) is 13.8 Å². The second-order valence-electron chi connectivity index (χ2n) is 4.87. The Morgan fingerprint density at radius 2 is 2.06 bits per heavy atom. The van der Waals surface area contributed by atoms with Gasteiger partial charge in [-0.2, -0.15) is 0 Å². The summed E-state index contributed by atoms with van der Waals surface area (Å²) in [5.41, 5.74) is 9.40. The van der Waals surface area contributed by atoms with Crippen molar-refractivity contribution in [2.45, 2.75) is 52.5 Å². The highest BCUT2D eigenvalue weighted by molar-refractivity contribution is 6.31. The van der Waals surface area contributed by atoms with Gasteiger partial charge in [-0.15, -0.1) is 0 Å². The molecule has 18 heavy (non-hydrogen) atoms. The van der Waals surface area contributed by atoms with E-state index in [1.54, 1.807) is 7.11 Å². The molecule has 0 aliphatic heterocycles. The second kappa shape index (κ2) is 7.01. The minimum absolute atomic E-state index is 0.302. The fourth-order valence-electron chi connectivity index (χ4n) is 2.25. The van der Waals surface area contributed by atoms with Gasteiger partial charge in [0.1, 0.15) is 5.75 Å². The SMILES string of the molecule is CCC(N)CCCc1c(C)c(Cl)cc(C)c1OC. The minimum Gasteiger partial charge on any atom is -0.496 e. The molecule has 1 atom stereocenters. The van der Waals surface area contributed by atoms with Gasteiger partial charge in [-0.25, -0.2) is 0 Å². The fourth-order valence-corrected chi connectivity index (χ4v) is 2.52. The van der Waals surface area contributed by atoms with Gasteiger partial charge in [0, 0.05) is 11.1 Å². The number of methoxy groups -OCH3 is 1. The quantitative estimate of drug-likeness (QED) is 0.846. The molecule has 0 radical (unpaired) electrons. The molecule has 1 rings (SSSR count). The van der Waals surface area contributed by atoms with E-state index in [0.29, 0.717) is 6.04 Å². The smallest absolute Gasteiger partial charge is 0.125 e. The number of ether oxygens (including phenoxy) is 1. The number of hydrogen-bond acceptors (Lipinski definition) is 2. The largest absolute Gasteiger partial charge is 0.496 e. The number of benzene rings is 1. The standard InChI is InChI=1S/C15H24ClNO/c1-5-12(17)7-6-8-13-11(3)14(16)9-10(2)15(13)18-4/h9,12H,5-8,17H2,1-4H3. The maximum atomic E-state index is 6.24. The van der Waals surface area contributed by atoms with Crippen LogP contribution in [0, 0.1) is 13.8 Å². The van der Waals surface area contributed by atoms with Gasteiger partial charge >= 0.3 is 0 Å². The molecule has 0 bridgehead atoms. The van der Waals surface area contributed by atoms with Crippen LogP contribution in [0.15, 0.2) is 6.07 Å². The Hall–Kier alpha value is -0.730. The van der Waals surface area contributed by atoms with Crippen molar-refractivity contribution in [2.24, 2.45) is 5.73 Å². The van der Waals surface area contributed by atoms with E-state index in [1.807, 2.05) is 13.0 Å². The van der Waals surface area contributed by atoms with Crippen LogP contribution in [-0.4, -0.2) is 13.2 Å². The number of hydrogen-bond donors (Lipinski definition) is 1. The first-order valence-corrected chi connectivity index (χ1v) is 6.97. The highest BCUT2D eigenvalue weighted by Crippen LogP contribution is 2.33. The van der Waals surface area contributed by atoms with Crippen molar-refractivity contribution in [1.29, 1.82) is 0 Å². The van der Waals surface area contributed by atoms with Crippen LogP contribution in [0.3, 0.4) is 0 Å². The van der Waals surface area contributed by atoms with Crippen LogP contribution in [0.25, 0.3) is 0 Å². The summed E-state index contributed by atoms with van der Waals surface area (Å²) in [4.78, 5) is 0. The summed E-state index contributed by atoms with van der Waals surface area (Å²) in [6.45, 7) is 6.21. The van der Waals surface area contributed by atoms with Gasteiger partial charge in [-0.05, 0) is 62.3 Å². The van der Waals surface area contributed by atoms with Crippen molar-refractivity contribution in [3.05, 3.63) is 27.8 Å². The van der Waals surface area contributed by atoms with E-state index in [9.17, 15) is 0 Å². The van der Waals surface area contributed by atoms with Crippen molar-refractivity contribution in [2.75, 3.05) is 7.11 Å². The molecule has 2 nitrogen and oxygen atoms in total. The monoisotopic (exact) mass is 269 g/mol. The Labute approximate surface area is 115 Å². The Balaban J connectivity index is 2.86. The average molecular weight is 270 g/mol. The van der Waals surface area contributed by atoms with E-state index in [1.165, 1.54) is 5.56 Å². The molecular weight excluding hydrogens is 246 g/mol.